The van der Waals surface area contributed by atoms with E-state index in [0.717, 1.165) is 11.1 Å². The maximum absolute atomic E-state index is 5.42. The van der Waals surface area contributed by atoms with Crippen LogP contribution in [0.25, 0.3) is 0 Å². The Labute approximate surface area is 133 Å². The quantitative estimate of drug-likeness (QED) is 0.827. The van der Waals surface area contributed by atoms with E-state index in [1.165, 1.54) is 11.1 Å². The maximum Gasteiger partial charge on any atom is 0.0515 e. The highest BCUT2D eigenvalue weighted by Crippen LogP contribution is 2.28. The van der Waals surface area contributed by atoms with Crippen molar-refractivity contribution in [2.24, 2.45) is 0 Å². The lowest BCUT2D eigenvalue weighted by atomic mass is 9.92. The van der Waals surface area contributed by atoms with E-state index in [-0.39, 0.29) is 12.1 Å². The van der Waals surface area contributed by atoms with Crippen LogP contribution in [-0.2, 0) is 0 Å². The molecule has 2 nitrogen and oxygen atoms in total. The SMILES string of the molecule is C#Cc1ccc([C@@H](NC)[C@H](NC)c2ccc(C#C)cc2)cc1. The second-order valence-electron chi connectivity index (χ2n) is 5.07. The first-order valence-electron chi connectivity index (χ1n) is 7.21. The fraction of sp³-hybridized carbons (Fsp3) is 0.200. The van der Waals surface area contributed by atoms with E-state index in [0.29, 0.717) is 0 Å². The van der Waals surface area contributed by atoms with Gasteiger partial charge in [0, 0.05) is 11.1 Å². The molecule has 0 heterocycles. The van der Waals surface area contributed by atoms with Crippen molar-refractivity contribution in [1.29, 1.82) is 0 Å². The first-order valence-corrected chi connectivity index (χ1v) is 7.21. The van der Waals surface area contributed by atoms with Crippen molar-refractivity contribution in [3.05, 3.63) is 70.8 Å². The summed E-state index contributed by atoms with van der Waals surface area (Å²) in [4.78, 5) is 0. The zero-order chi connectivity index (χ0) is 15.9. The maximum atomic E-state index is 5.42. The average Bonchev–Trinajstić information content (AvgIpc) is 2.60. The zero-order valence-corrected chi connectivity index (χ0v) is 12.9. The van der Waals surface area contributed by atoms with Crippen molar-refractivity contribution in [2.75, 3.05) is 14.1 Å². The molecule has 2 heteroatoms. The van der Waals surface area contributed by atoms with E-state index in [2.05, 4.69) is 46.7 Å². The van der Waals surface area contributed by atoms with E-state index in [1.807, 2.05) is 38.4 Å². The zero-order valence-electron chi connectivity index (χ0n) is 12.9. The van der Waals surface area contributed by atoms with Gasteiger partial charge in [0.15, 0.2) is 0 Å². The molecule has 2 rings (SSSR count). The van der Waals surface area contributed by atoms with E-state index in [1.54, 1.807) is 0 Å². The van der Waals surface area contributed by atoms with Crippen molar-refractivity contribution in [2.45, 2.75) is 12.1 Å². The third-order valence-corrected chi connectivity index (χ3v) is 3.83. The third-order valence-electron chi connectivity index (χ3n) is 3.83. The lowest BCUT2D eigenvalue weighted by molar-refractivity contribution is 0.432. The van der Waals surface area contributed by atoms with Crippen LogP contribution in [0.5, 0.6) is 0 Å². The number of terminal acetylenes is 2. The molecule has 0 unspecified atom stereocenters. The van der Waals surface area contributed by atoms with Crippen LogP contribution >= 0.6 is 0 Å². The summed E-state index contributed by atoms with van der Waals surface area (Å²) in [5.74, 6) is 5.29. The Morgan fingerprint density at radius 1 is 0.682 bits per heavy atom. The molecule has 0 aliphatic heterocycles. The van der Waals surface area contributed by atoms with Gasteiger partial charge in [0.25, 0.3) is 0 Å². The number of hydrogen-bond acceptors (Lipinski definition) is 2. The van der Waals surface area contributed by atoms with E-state index >= 15 is 0 Å². The molecule has 0 aromatic heterocycles. The van der Waals surface area contributed by atoms with Crippen LogP contribution in [0, 0.1) is 24.7 Å². The Balaban J connectivity index is 2.33. The predicted octanol–water partition coefficient (Wildman–Crippen LogP) is 2.87. The van der Waals surface area contributed by atoms with Crippen LogP contribution in [0.2, 0.25) is 0 Å². The highest BCUT2D eigenvalue weighted by Gasteiger charge is 2.21. The van der Waals surface area contributed by atoms with Gasteiger partial charge in [-0.1, -0.05) is 36.1 Å². The number of hydrogen-bond donors (Lipinski definition) is 2. The summed E-state index contributed by atoms with van der Waals surface area (Å²) in [6, 6.07) is 16.4. The molecule has 0 saturated carbocycles. The summed E-state index contributed by atoms with van der Waals surface area (Å²) in [5.41, 5.74) is 4.14. The summed E-state index contributed by atoms with van der Waals surface area (Å²) in [5, 5.41) is 6.76. The Morgan fingerprint density at radius 3 is 1.23 bits per heavy atom. The van der Waals surface area contributed by atoms with Gasteiger partial charge >= 0.3 is 0 Å². The molecule has 0 amide bonds. The van der Waals surface area contributed by atoms with Gasteiger partial charge in [-0.15, -0.1) is 12.8 Å². The van der Waals surface area contributed by atoms with Crippen LogP contribution < -0.4 is 10.6 Å². The molecule has 0 aliphatic carbocycles. The molecule has 2 aromatic carbocycles. The van der Waals surface area contributed by atoms with Crippen molar-refractivity contribution < 1.29 is 0 Å². The summed E-state index contributed by atoms with van der Waals surface area (Å²) in [6.07, 6.45) is 10.8. The van der Waals surface area contributed by atoms with Gasteiger partial charge in [0.2, 0.25) is 0 Å². The lowest BCUT2D eigenvalue weighted by Gasteiger charge is -2.27. The van der Waals surface area contributed by atoms with Gasteiger partial charge in [-0.2, -0.15) is 0 Å². The number of rotatable bonds is 5. The molecule has 0 fully saturated rings. The molecule has 110 valence electrons. The summed E-state index contributed by atoms with van der Waals surface area (Å²) in [6.45, 7) is 0. The predicted molar refractivity (Wildman–Crippen MR) is 92.4 cm³/mol. The van der Waals surface area contributed by atoms with E-state index < -0.39 is 0 Å². The average molecular weight is 288 g/mol. The third kappa shape index (κ3) is 3.38. The molecule has 0 radical (unpaired) electrons. The minimum atomic E-state index is 0.133. The Morgan fingerprint density at radius 2 is 1.00 bits per heavy atom. The molecule has 0 bridgehead atoms. The molecule has 0 aliphatic rings. The molecule has 2 aromatic rings. The number of likely N-dealkylation sites (N-methyl/N-ethyl adjacent to an activating group) is 2. The monoisotopic (exact) mass is 288 g/mol. The lowest BCUT2D eigenvalue weighted by Crippen LogP contribution is -2.31. The highest BCUT2D eigenvalue weighted by molar-refractivity contribution is 5.38. The van der Waals surface area contributed by atoms with Crippen molar-refractivity contribution >= 4 is 0 Å². The Bertz CT molecular complexity index is 621. The van der Waals surface area contributed by atoms with Crippen LogP contribution in [0.4, 0.5) is 0 Å². The van der Waals surface area contributed by atoms with Gasteiger partial charge in [-0.3, -0.25) is 0 Å². The van der Waals surface area contributed by atoms with Crippen LogP contribution in [0.3, 0.4) is 0 Å². The smallest absolute Gasteiger partial charge is 0.0515 e. The number of benzene rings is 2. The minimum absolute atomic E-state index is 0.133. The highest BCUT2D eigenvalue weighted by atomic mass is 15.0. The van der Waals surface area contributed by atoms with Gasteiger partial charge in [-0.05, 0) is 49.5 Å². The molecule has 22 heavy (non-hydrogen) atoms. The van der Waals surface area contributed by atoms with E-state index in [4.69, 9.17) is 12.8 Å². The van der Waals surface area contributed by atoms with Gasteiger partial charge < -0.3 is 10.6 Å². The second kappa shape index (κ2) is 7.48. The molecule has 2 N–H and O–H groups in total. The Kier molecular flexibility index (Phi) is 5.39. The van der Waals surface area contributed by atoms with Gasteiger partial charge in [0.1, 0.15) is 0 Å². The minimum Gasteiger partial charge on any atom is -0.311 e. The topological polar surface area (TPSA) is 24.1 Å². The van der Waals surface area contributed by atoms with Crippen molar-refractivity contribution in [3.8, 4) is 24.7 Å². The Hall–Kier alpha value is -2.52. The molecule has 0 saturated heterocycles. The van der Waals surface area contributed by atoms with Crippen LogP contribution in [-0.4, -0.2) is 14.1 Å². The van der Waals surface area contributed by atoms with E-state index in [9.17, 15) is 0 Å². The second-order valence-corrected chi connectivity index (χ2v) is 5.07. The fourth-order valence-corrected chi connectivity index (χ4v) is 2.62. The summed E-state index contributed by atoms with van der Waals surface area (Å²) in [7, 11) is 3.92. The van der Waals surface area contributed by atoms with Gasteiger partial charge in [0.05, 0.1) is 12.1 Å². The molecular formula is C20H20N2. The van der Waals surface area contributed by atoms with Crippen molar-refractivity contribution in [3.63, 3.8) is 0 Å². The summed E-state index contributed by atoms with van der Waals surface area (Å²) < 4.78 is 0. The number of nitrogens with one attached hydrogen (secondary N) is 2. The largest absolute Gasteiger partial charge is 0.311 e. The van der Waals surface area contributed by atoms with Crippen LogP contribution in [0.15, 0.2) is 48.5 Å². The standard InChI is InChI=1S/C20H20N2/c1-5-15-7-11-17(12-8-15)19(21-3)20(22-4)18-13-9-16(6-2)10-14-18/h1-2,7-14,19-22H,3-4H3/t19-,20-/m1/s1. The van der Waals surface area contributed by atoms with Gasteiger partial charge in [-0.25, -0.2) is 0 Å². The van der Waals surface area contributed by atoms with Crippen LogP contribution in [0.1, 0.15) is 34.3 Å². The fourth-order valence-electron chi connectivity index (χ4n) is 2.62. The first kappa shape index (κ1) is 15.9. The molecule has 2 atom stereocenters. The molecule has 0 spiro atoms. The normalized spacial score (nSPS) is 12.9. The first-order chi connectivity index (χ1) is 10.7. The van der Waals surface area contributed by atoms with Crippen molar-refractivity contribution in [1.82, 2.24) is 10.6 Å². The summed E-state index contributed by atoms with van der Waals surface area (Å²) >= 11 is 0. The molecular weight excluding hydrogens is 268 g/mol.